The fourth-order valence-electron chi connectivity index (χ4n) is 2.26. The van der Waals surface area contributed by atoms with Crippen molar-refractivity contribution in [3.63, 3.8) is 0 Å². The fourth-order valence-corrected chi connectivity index (χ4v) is 2.26. The van der Waals surface area contributed by atoms with Crippen LogP contribution in [0.4, 0.5) is 0 Å². The van der Waals surface area contributed by atoms with Gasteiger partial charge in [0.1, 0.15) is 0 Å². The molecule has 1 aromatic carbocycles. The summed E-state index contributed by atoms with van der Waals surface area (Å²) in [5, 5.41) is 2.63. The van der Waals surface area contributed by atoms with Gasteiger partial charge in [-0.3, -0.25) is 14.4 Å². The number of ether oxygens (including phenoxy) is 3. The Kier molecular flexibility index (Phi) is 8.97. The van der Waals surface area contributed by atoms with E-state index < -0.39 is 11.9 Å². The number of carbonyl (C=O) groups is 3. The van der Waals surface area contributed by atoms with Crippen molar-refractivity contribution >= 4 is 17.8 Å². The van der Waals surface area contributed by atoms with Crippen LogP contribution in [-0.2, 0) is 19.1 Å². The Morgan fingerprint density at radius 2 is 1.81 bits per heavy atom. The van der Waals surface area contributed by atoms with Crippen LogP contribution in [0.15, 0.2) is 24.3 Å². The van der Waals surface area contributed by atoms with E-state index >= 15 is 0 Å². The van der Waals surface area contributed by atoms with Gasteiger partial charge in [-0.2, -0.15) is 0 Å². The number of nitrogens with zero attached hydrogens (tertiary/aromatic N) is 1. The van der Waals surface area contributed by atoms with E-state index in [1.165, 1.54) is 26.0 Å². The van der Waals surface area contributed by atoms with Gasteiger partial charge in [0.25, 0.3) is 5.91 Å². The molecule has 26 heavy (non-hydrogen) atoms. The first-order valence-electron chi connectivity index (χ1n) is 8.24. The van der Waals surface area contributed by atoms with E-state index in [4.69, 9.17) is 14.2 Å². The molecule has 1 atom stereocenters. The highest BCUT2D eigenvalue weighted by Gasteiger charge is 2.22. The molecular formula is C18H26N2O6. The molecule has 1 N–H and O–H groups in total. The molecule has 0 saturated heterocycles. The number of hydrogen-bond acceptors (Lipinski definition) is 6. The maximum Gasteiger partial charge on any atom is 0.310 e. The van der Waals surface area contributed by atoms with E-state index in [0.717, 1.165) is 0 Å². The fraction of sp³-hybridized carbons (Fsp3) is 0.500. The Balaban J connectivity index is 2.72. The van der Waals surface area contributed by atoms with Crippen LogP contribution in [0.5, 0.6) is 11.5 Å². The largest absolute Gasteiger partial charge is 0.493 e. The minimum Gasteiger partial charge on any atom is -0.493 e. The molecule has 0 fully saturated rings. The number of esters is 1. The molecule has 8 heteroatoms. The maximum absolute atomic E-state index is 12.5. The van der Waals surface area contributed by atoms with Crippen molar-refractivity contribution < 1.29 is 28.6 Å². The lowest BCUT2D eigenvalue weighted by atomic mass is 10.1. The number of benzene rings is 1. The minimum atomic E-state index is -0.493. The van der Waals surface area contributed by atoms with Crippen LogP contribution in [0.1, 0.15) is 13.8 Å². The van der Waals surface area contributed by atoms with Crippen molar-refractivity contribution in [2.24, 2.45) is 5.92 Å². The molecular weight excluding hydrogens is 340 g/mol. The van der Waals surface area contributed by atoms with Crippen LogP contribution in [0.25, 0.3) is 0 Å². The summed E-state index contributed by atoms with van der Waals surface area (Å²) in [7, 11) is 2.81. The Bertz CT molecular complexity index is 619. The lowest BCUT2D eigenvalue weighted by Gasteiger charge is -2.25. The highest BCUT2D eigenvalue weighted by Crippen LogP contribution is 2.25. The van der Waals surface area contributed by atoms with E-state index in [9.17, 15) is 14.4 Å². The molecule has 0 aliphatic rings. The third kappa shape index (κ3) is 7.00. The average molecular weight is 366 g/mol. The van der Waals surface area contributed by atoms with Gasteiger partial charge < -0.3 is 24.4 Å². The Hall–Kier alpha value is -2.77. The first-order chi connectivity index (χ1) is 12.4. The van der Waals surface area contributed by atoms with Gasteiger partial charge >= 0.3 is 5.97 Å². The quantitative estimate of drug-likeness (QED) is 0.617. The molecule has 1 unspecified atom stereocenters. The van der Waals surface area contributed by atoms with Gasteiger partial charge in [0.2, 0.25) is 5.91 Å². The molecule has 0 aromatic heterocycles. The summed E-state index contributed by atoms with van der Waals surface area (Å²) in [6.07, 6.45) is 0. The summed E-state index contributed by atoms with van der Waals surface area (Å²) in [6.45, 7) is 3.56. The number of para-hydroxylation sites is 2. The summed E-state index contributed by atoms with van der Waals surface area (Å²) in [4.78, 5) is 36.7. The molecule has 0 aliphatic carbocycles. The van der Waals surface area contributed by atoms with Crippen LogP contribution < -0.4 is 14.8 Å². The van der Waals surface area contributed by atoms with Gasteiger partial charge in [-0.15, -0.1) is 0 Å². The topological polar surface area (TPSA) is 94.2 Å². The van der Waals surface area contributed by atoms with E-state index in [0.29, 0.717) is 11.5 Å². The van der Waals surface area contributed by atoms with Crippen LogP contribution >= 0.6 is 0 Å². The average Bonchev–Trinajstić information content (AvgIpc) is 2.64. The molecule has 1 aromatic rings. The van der Waals surface area contributed by atoms with Gasteiger partial charge in [-0.05, 0) is 12.1 Å². The van der Waals surface area contributed by atoms with Crippen molar-refractivity contribution in [2.75, 3.05) is 40.5 Å². The molecule has 0 aliphatic heterocycles. The van der Waals surface area contributed by atoms with E-state index in [-0.39, 0.29) is 38.1 Å². The zero-order valence-corrected chi connectivity index (χ0v) is 15.6. The summed E-state index contributed by atoms with van der Waals surface area (Å²) in [6, 6.07) is 7.00. The Labute approximate surface area is 153 Å². The number of amides is 2. The number of methoxy groups -OCH3 is 2. The van der Waals surface area contributed by atoms with Gasteiger partial charge in [0, 0.05) is 26.6 Å². The molecule has 0 spiro atoms. The second-order valence-electron chi connectivity index (χ2n) is 5.69. The molecule has 0 heterocycles. The molecule has 144 valence electrons. The molecule has 8 nitrogen and oxygen atoms in total. The van der Waals surface area contributed by atoms with Crippen LogP contribution in [0, 0.1) is 5.92 Å². The molecule has 2 amide bonds. The summed E-state index contributed by atoms with van der Waals surface area (Å²) in [5.74, 6) is -0.430. The SMILES string of the molecule is COC(=O)C(C)CN(CCNC(C)=O)C(=O)COc1ccccc1OC. The van der Waals surface area contributed by atoms with Crippen LogP contribution in [-0.4, -0.2) is 63.1 Å². The van der Waals surface area contributed by atoms with Crippen molar-refractivity contribution in [2.45, 2.75) is 13.8 Å². The first-order valence-corrected chi connectivity index (χ1v) is 8.24. The summed E-state index contributed by atoms with van der Waals surface area (Å²) in [5.41, 5.74) is 0. The number of nitrogens with one attached hydrogen (secondary N) is 1. The lowest BCUT2D eigenvalue weighted by Crippen LogP contribution is -2.43. The third-order valence-corrected chi connectivity index (χ3v) is 3.63. The van der Waals surface area contributed by atoms with Crippen molar-refractivity contribution in [3.05, 3.63) is 24.3 Å². The van der Waals surface area contributed by atoms with Crippen molar-refractivity contribution in [1.82, 2.24) is 10.2 Å². The Morgan fingerprint density at radius 3 is 2.38 bits per heavy atom. The smallest absolute Gasteiger partial charge is 0.310 e. The summed E-state index contributed by atoms with van der Waals surface area (Å²) < 4.78 is 15.4. The third-order valence-electron chi connectivity index (χ3n) is 3.63. The zero-order chi connectivity index (χ0) is 19.5. The molecule has 0 saturated carbocycles. The minimum absolute atomic E-state index is 0.167. The van der Waals surface area contributed by atoms with Crippen LogP contribution in [0.2, 0.25) is 0 Å². The van der Waals surface area contributed by atoms with Gasteiger partial charge in [-0.1, -0.05) is 19.1 Å². The standard InChI is InChI=1S/C18H26N2O6/c1-13(18(23)25-4)11-20(10-9-19-14(2)21)17(22)12-26-16-8-6-5-7-15(16)24-3/h5-8,13H,9-12H2,1-4H3,(H,19,21). The highest BCUT2D eigenvalue weighted by atomic mass is 16.5. The number of hydrogen-bond donors (Lipinski definition) is 1. The maximum atomic E-state index is 12.5. The van der Waals surface area contributed by atoms with Gasteiger partial charge in [0.05, 0.1) is 20.1 Å². The van der Waals surface area contributed by atoms with Gasteiger partial charge in [0.15, 0.2) is 18.1 Å². The highest BCUT2D eigenvalue weighted by molar-refractivity contribution is 5.79. The normalized spacial score (nSPS) is 11.2. The second kappa shape index (κ2) is 11.0. The lowest BCUT2D eigenvalue weighted by molar-refractivity contribution is -0.146. The van der Waals surface area contributed by atoms with E-state index in [2.05, 4.69) is 5.32 Å². The predicted molar refractivity (Wildman–Crippen MR) is 94.9 cm³/mol. The van der Waals surface area contributed by atoms with Gasteiger partial charge in [-0.25, -0.2) is 0 Å². The van der Waals surface area contributed by atoms with Crippen molar-refractivity contribution in [3.8, 4) is 11.5 Å². The van der Waals surface area contributed by atoms with E-state index in [1.54, 1.807) is 31.2 Å². The number of rotatable bonds is 10. The first kappa shape index (κ1) is 21.3. The molecule has 0 radical (unpaired) electrons. The summed E-state index contributed by atoms with van der Waals surface area (Å²) >= 11 is 0. The number of carbonyl (C=O) groups excluding carboxylic acids is 3. The molecule has 0 bridgehead atoms. The monoisotopic (exact) mass is 366 g/mol. The Morgan fingerprint density at radius 1 is 1.15 bits per heavy atom. The zero-order valence-electron chi connectivity index (χ0n) is 15.6. The van der Waals surface area contributed by atoms with Crippen molar-refractivity contribution in [1.29, 1.82) is 0 Å². The molecule has 1 rings (SSSR count). The van der Waals surface area contributed by atoms with Crippen LogP contribution in [0.3, 0.4) is 0 Å². The second-order valence-corrected chi connectivity index (χ2v) is 5.69. The predicted octanol–water partition coefficient (Wildman–Crippen LogP) is 0.848. The van der Waals surface area contributed by atoms with E-state index in [1.807, 2.05) is 0 Å².